The number of hydrogen-bond acceptors (Lipinski definition) is 5. The molecule has 0 saturated carbocycles. The number of aliphatic carboxylic acids is 1. The van der Waals surface area contributed by atoms with Crippen molar-refractivity contribution in [2.45, 2.75) is 43.5 Å². The van der Waals surface area contributed by atoms with Gasteiger partial charge in [-0.25, -0.2) is 9.47 Å². The smallest absolute Gasteiger partial charge is 0.481 e. The van der Waals surface area contributed by atoms with Crippen LogP contribution in [0.15, 0.2) is 0 Å². The van der Waals surface area contributed by atoms with Crippen molar-refractivity contribution in [3.8, 4) is 0 Å². The second kappa shape index (κ2) is 7.99. The zero-order valence-electron chi connectivity index (χ0n) is 12.3. The van der Waals surface area contributed by atoms with Gasteiger partial charge in [0.2, 0.25) is 0 Å². The van der Waals surface area contributed by atoms with E-state index in [4.69, 9.17) is 5.11 Å². The fourth-order valence-corrected chi connectivity index (χ4v) is 1.00. The predicted molar refractivity (Wildman–Crippen MR) is 55.8 cm³/mol. The largest absolute Gasteiger partial charge is 0.483 e. The van der Waals surface area contributed by atoms with Crippen LogP contribution in [0, 0.1) is 0 Å². The fraction of sp³-hybridized carbons (Fsp3) is 0.800. The van der Waals surface area contributed by atoms with E-state index in [1.165, 1.54) is 0 Å². The molecule has 0 aromatic heterocycles. The van der Waals surface area contributed by atoms with Crippen molar-refractivity contribution in [1.82, 2.24) is 0 Å². The Morgan fingerprint density at radius 3 is 1.56 bits per heavy atom. The van der Waals surface area contributed by atoms with E-state index < -0.39 is 62.0 Å². The number of alkyl halides is 11. The Morgan fingerprint density at radius 1 is 0.704 bits per heavy atom. The molecule has 0 aliphatic rings. The lowest BCUT2D eigenvalue weighted by Gasteiger charge is -2.31. The zero-order chi connectivity index (χ0) is 21.9. The van der Waals surface area contributed by atoms with Crippen LogP contribution in [0.5, 0.6) is 0 Å². The highest BCUT2D eigenvalue weighted by molar-refractivity contribution is 5.76. The monoisotopic (exact) mass is 432 g/mol. The Kier molecular flexibility index (Phi) is 7.43. The number of carboxylic acids is 1. The van der Waals surface area contributed by atoms with E-state index >= 15 is 0 Å². The minimum absolute atomic E-state index is 0.945. The summed E-state index contributed by atoms with van der Waals surface area (Å²) in [6, 6.07) is 0. The number of esters is 1. The van der Waals surface area contributed by atoms with Gasteiger partial charge in [0.15, 0.2) is 6.61 Å². The van der Waals surface area contributed by atoms with Crippen LogP contribution < -0.4 is 0 Å². The van der Waals surface area contributed by atoms with Gasteiger partial charge in [-0.05, 0) is 0 Å². The van der Waals surface area contributed by atoms with E-state index in [2.05, 4.69) is 9.47 Å². The van der Waals surface area contributed by atoms with Crippen LogP contribution in [-0.4, -0.2) is 54.3 Å². The van der Waals surface area contributed by atoms with Gasteiger partial charge in [0.05, 0.1) is 12.8 Å². The standard InChI is InChI=1S/C10H7F11O6/c11-6(12,3-25-5(24)2-1-4(22)23)26-9(18,19)10(20,21)27-8(16,17)7(13,14)15/h1-3H2,(H,22,23). The predicted octanol–water partition coefficient (Wildman–Crippen LogP) is 3.36. The minimum Gasteiger partial charge on any atom is -0.481 e. The maximum absolute atomic E-state index is 13.0. The molecule has 17 heteroatoms. The number of hydrogen-bond donors (Lipinski definition) is 1. The fourth-order valence-electron chi connectivity index (χ4n) is 1.00. The third-order valence-corrected chi connectivity index (χ3v) is 2.15. The highest BCUT2D eigenvalue weighted by Gasteiger charge is 2.72. The summed E-state index contributed by atoms with van der Waals surface area (Å²) < 4.78 is 144. The molecule has 0 saturated heterocycles. The van der Waals surface area contributed by atoms with E-state index in [1.807, 2.05) is 0 Å². The first-order valence-corrected chi connectivity index (χ1v) is 6.08. The van der Waals surface area contributed by atoms with Crippen LogP contribution in [-0.2, 0) is 23.8 Å². The normalized spacial score (nSPS) is 14.2. The molecule has 0 spiro atoms. The average molecular weight is 432 g/mol. The van der Waals surface area contributed by atoms with Crippen LogP contribution in [0.4, 0.5) is 48.3 Å². The van der Waals surface area contributed by atoms with Gasteiger partial charge >= 0.3 is 42.5 Å². The van der Waals surface area contributed by atoms with Gasteiger partial charge in [-0.1, -0.05) is 0 Å². The van der Waals surface area contributed by atoms with Crippen molar-refractivity contribution in [2.24, 2.45) is 0 Å². The van der Waals surface area contributed by atoms with Gasteiger partial charge in [-0.15, -0.1) is 0 Å². The summed E-state index contributed by atoms with van der Waals surface area (Å²) in [5.74, 6) is -3.32. The number of halogens is 11. The molecule has 0 atom stereocenters. The topological polar surface area (TPSA) is 82.1 Å². The van der Waals surface area contributed by atoms with Gasteiger partial charge in [-0.3, -0.25) is 9.59 Å². The zero-order valence-corrected chi connectivity index (χ0v) is 12.3. The second-order valence-corrected chi connectivity index (χ2v) is 4.44. The molecule has 0 unspecified atom stereocenters. The first kappa shape index (κ1) is 25.1. The van der Waals surface area contributed by atoms with Gasteiger partial charge in [0, 0.05) is 0 Å². The Balaban J connectivity index is 5.03. The molecule has 0 rings (SSSR count). The highest BCUT2D eigenvalue weighted by atomic mass is 19.4. The van der Waals surface area contributed by atoms with E-state index in [0.717, 1.165) is 0 Å². The van der Waals surface area contributed by atoms with Crippen molar-refractivity contribution in [2.75, 3.05) is 6.61 Å². The van der Waals surface area contributed by atoms with Crippen molar-refractivity contribution in [1.29, 1.82) is 0 Å². The SMILES string of the molecule is O=C(O)CCC(=O)OCC(F)(F)OC(F)(F)C(F)(F)OC(F)(F)C(F)(F)F. The van der Waals surface area contributed by atoms with E-state index in [9.17, 15) is 57.9 Å². The third-order valence-electron chi connectivity index (χ3n) is 2.15. The van der Waals surface area contributed by atoms with Crippen molar-refractivity contribution < 1.29 is 77.2 Å². The summed E-state index contributed by atoms with van der Waals surface area (Å²) in [5, 5.41) is 8.16. The van der Waals surface area contributed by atoms with Gasteiger partial charge in [0.25, 0.3) is 0 Å². The number of ether oxygens (including phenoxy) is 3. The Labute approximate surface area is 140 Å². The summed E-state index contributed by atoms with van der Waals surface area (Å²) in [4.78, 5) is 20.9. The molecule has 27 heavy (non-hydrogen) atoms. The van der Waals surface area contributed by atoms with Gasteiger partial charge < -0.3 is 9.84 Å². The molecule has 160 valence electrons. The molecule has 6 nitrogen and oxygen atoms in total. The summed E-state index contributed by atoms with van der Waals surface area (Å²) in [6.07, 6.45) is -34.9. The second-order valence-electron chi connectivity index (χ2n) is 4.44. The number of carboxylic acid groups (broad SMARTS) is 1. The Bertz CT molecular complexity index is 544. The summed E-state index contributed by atoms with van der Waals surface area (Å²) in [6.45, 7) is -2.52. The summed E-state index contributed by atoms with van der Waals surface area (Å²) in [7, 11) is 0. The number of carbonyl (C=O) groups is 2. The molecular weight excluding hydrogens is 425 g/mol. The molecule has 1 N–H and O–H groups in total. The van der Waals surface area contributed by atoms with Crippen LogP contribution in [0.2, 0.25) is 0 Å². The molecule has 0 amide bonds. The lowest BCUT2D eigenvalue weighted by molar-refractivity contribution is -0.537. The van der Waals surface area contributed by atoms with Crippen LogP contribution >= 0.6 is 0 Å². The third kappa shape index (κ3) is 7.69. The van der Waals surface area contributed by atoms with Crippen molar-refractivity contribution >= 4 is 11.9 Å². The Morgan fingerprint density at radius 2 is 1.15 bits per heavy atom. The van der Waals surface area contributed by atoms with Crippen molar-refractivity contribution in [3.05, 3.63) is 0 Å². The lowest BCUT2D eigenvalue weighted by Crippen LogP contribution is -2.55. The minimum atomic E-state index is -6.90. The molecule has 0 aromatic carbocycles. The summed E-state index contributed by atoms with van der Waals surface area (Å²) >= 11 is 0. The van der Waals surface area contributed by atoms with E-state index in [1.54, 1.807) is 4.74 Å². The first-order valence-electron chi connectivity index (χ1n) is 6.08. The number of carbonyl (C=O) groups excluding carboxylic acids is 1. The molecule has 0 aliphatic carbocycles. The lowest BCUT2D eigenvalue weighted by atomic mass is 10.3. The molecule has 0 radical (unpaired) electrons. The van der Waals surface area contributed by atoms with Crippen molar-refractivity contribution in [3.63, 3.8) is 0 Å². The number of rotatable bonds is 10. The maximum atomic E-state index is 13.0. The Hall–Kier alpha value is -1.91. The van der Waals surface area contributed by atoms with Crippen LogP contribution in [0.3, 0.4) is 0 Å². The quantitative estimate of drug-likeness (QED) is 0.421. The molecule has 0 aromatic rings. The molecule has 0 bridgehead atoms. The molecule has 0 heterocycles. The first-order chi connectivity index (χ1) is 11.7. The van der Waals surface area contributed by atoms with E-state index in [0.29, 0.717) is 0 Å². The molecular formula is C10H7F11O6. The maximum Gasteiger partial charge on any atom is 0.483 e. The van der Waals surface area contributed by atoms with Gasteiger partial charge in [-0.2, -0.15) is 48.3 Å². The van der Waals surface area contributed by atoms with E-state index in [-0.39, 0.29) is 0 Å². The van der Waals surface area contributed by atoms with Gasteiger partial charge in [0.1, 0.15) is 0 Å². The summed E-state index contributed by atoms with van der Waals surface area (Å²) in [5.41, 5.74) is 0. The average Bonchev–Trinajstić information content (AvgIpc) is 2.39. The van der Waals surface area contributed by atoms with Crippen LogP contribution in [0.25, 0.3) is 0 Å². The van der Waals surface area contributed by atoms with Crippen LogP contribution in [0.1, 0.15) is 12.8 Å². The highest BCUT2D eigenvalue weighted by Crippen LogP contribution is 2.47. The molecule has 0 aliphatic heterocycles. The molecule has 0 fully saturated rings.